The zero-order valence-corrected chi connectivity index (χ0v) is 12.8. The minimum absolute atomic E-state index is 0. The van der Waals surface area contributed by atoms with E-state index in [0.717, 1.165) is 0 Å². The monoisotopic (exact) mass is 616 g/mol. The summed E-state index contributed by atoms with van der Waals surface area (Å²) in [7, 11) is 0. The van der Waals surface area contributed by atoms with Crippen molar-refractivity contribution in [2.24, 2.45) is 0 Å². The van der Waals surface area contributed by atoms with Crippen LogP contribution in [0.2, 0.25) is 0 Å². The second kappa shape index (κ2) is 7.46. The van der Waals surface area contributed by atoms with E-state index in [1.54, 1.807) is 0 Å². The van der Waals surface area contributed by atoms with Crippen molar-refractivity contribution in [2.45, 2.75) is 0 Å². The minimum Gasteiger partial charge on any atom is 0 e. The Bertz CT molecular complexity index is 11.6. The second-order valence-corrected chi connectivity index (χ2v) is 35.6. The number of halogens is 3. The van der Waals surface area contributed by atoms with Crippen LogP contribution in [0, 0.1) is 0 Å². The molecule has 0 rings (SSSR count). The maximum Gasteiger partial charge on any atom is 0 e. The van der Waals surface area contributed by atoms with Gasteiger partial charge in [0, 0.05) is 21.1 Å². The Morgan fingerprint density at radius 2 is 1.00 bits per heavy atom. The summed E-state index contributed by atoms with van der Waals surface area (Å²) in [6.45, 7) is 0. The van der Waals surface area contributed by atoms with Gasteiger partial charge in [0.15, 0.2) is 0 Å². The molecular formula is I3VW. The molecule has 0 amide bonds. The molecule has 0 aliphatic rings. The maximum absolute atomic E-state index is 2.46. The molecule has 0 saturated heterocycles. The number of hydrogen-bond donors (Lipinski definition) is 0. The van der Waals surface area contributed by atoms with Gasteiger partial charge in [-0.3, -0.25) is 0 Å². The van der Waals surface area contributed by atoms with Gasteiger partial charge in [-0.1, -0.05) is 0 Å². The summed E-state index contributed by atoms with van der Waals surface area (Å²) >= 11 is 7.39. The van der Waals surface area contributed by atoms with E-state index in [2.05, 4.69) is 59.9 Å². The zero-order valence-electron chi connectivity index (χ0n) is 1.99. The smallest absolute Gasteiger partial charge is 0 e. The van der Waals surface area contributed by atoms with Crippen LogP contribution in [0.4, 0.5) is 0 Å². The van der Waals surface area contributed by atoms with E-state index in [0.29, 0.717) is 0 Å². The van der Waals surface area contributed by atoms with Gasteiger partial charge in [0.1, 0.15) is 0 Å². The summed E-state index contributed by atoms with van der Waals surface area (Å²) in [6.07, 6.45) is 0. The first-order valence-corrected chi connectivity index (χ1v) is 14.0. The minimum atomic E-state index is -0.278. The molecule has 0 N–H and O–H groups in total. The Balaban J connectivity index is 0. The Morgan fingerprint density at radius 1 is 1.00 bits per heavy atom. The maximum atomic E-state index is 2.46. The standard InChI is InChI=1S/3HI.V.W/h3*1H;;/q;;;+3;/p-3. The summed E-state index contributed by atoms with van der Waals surface area (Å²) in [5.74, 6) is 0. The Kier molecular flexibility index (Phi) is 16.8. The largest absolute Gasteiger partial charge is 0 e. The first-order valence-electron chi connectivity index (χ1n) is 0.507. The van der Waals surface area contributed by atoms with Gasteiger partial charge in [-0.05, 0) is 0 Å². The van der Waals surface area contributed by atoms with Crippen molar-refractivity contribution < 1.29 is 26.0 Å². The summed E-state index contributed by atoms with van der Waals surface area (Å²) in [6, 6.07) is 0. The van der Waals surface area contributed by atoms with Crippen LogP contribution in [0.15, 0.2) is 0 Å². The fourth-order valence-electron chi connectivity index (χ4n) is 0. The Labute approximate surface area is 83.6 Å². The van der Waals surface area contributed by atoms with Crippen LogP contribution in [0.3, 0.4) is 0 Å². The van der Waals surface area contributed by atoms with Crippen LogP contribution in [-0.2, 0) is 26.0 Å². The predicted molar refractivity (Wildman–Crippen MR) is 42.1 cm³/mol. The molecule has 0 heterocycles. The van der Waals surface area contributed by atoms with Crippen molar-refractivity contribution in [3.8, 4) is 0 Å². The van der Waals surface area contributed by atoms with Crippen LogP contribution >= 0.6 is 59.9 Å². The predicted octanol–water partition coefficient (Wildman–Crippen LogP) is 2.65. The second-order valence-electron chi connectivity index (χ2n) is 0.192. The van der Waals surface area contributed by atoms with E-state index < -0.39 is 0 Å². The van der Waals surface area contributed by atoms with Crippen LogP contribution in [0.1, 0.15) is 0 Å². The molecule has 0 bridgehead atoms. The summed E-state index contributed by atoms with van der Waals surface area (Å²) in [4.78, 5) is -0.278. The van der Waals surface area contributed by atoms with Crippen molar-refractivity contribution in [1.82, 2.24) is 0 Å². The fourth-order valence-corrected chi connectivity index (χ4v) is 0. The molecule has 0 spiro atoms. The van der Waals surface area contributed by atoms with Crippen LogP contribution < -0.4 is 0 Å². The van der Waals surface area contributed by atoms with Gasteiger partial charge in [0.25, 0.3) is 0 Å². The van der Waals surface area contributed by atoms with Crippen molar-refractivity contribution in [1.29, 1.82) is 0 Å². The molecule has 0 nitrogen and oxygen atoms in total. The molecule has 0 aromatic carbocycles. The normalized spacial score (nSPS) is 7.20. The average Bonchev–Trinajstić information content (AvgIpc) is 0.811. The van der Waals surface area contributed by atoms with E-state index in [1.807, 2.05) is 0 Å². The molecule has 0 saturated carbocycles. The van der Waals surface area contributed by atoms with Crippen molar-refractivity contribution >= 4 is 59.9 Å². The van der Waals surface area contributed by atoms with Crippen molar-refractivity contribution in [3.63, 3.8) is 0 Å². The van der Waals surface area contributed by atoms with E-state index >= 15 is 0 Å². The first-order chi connectivity index (χ1) is 1.73. The van der Waals surface area contributed by atoms with Crippen LogP contribution in [0.5, 0.6) is 0 Å². The molecule has 0 unspecified atom stereocenters. The molecule has 0 aliphatic carbocycles. The quantitative estimate of drug-likeness (QED) is 0.368. The zero-order chi connectivity index (χ0) is 3.58. The SMILES string of the molecule is [I][V]([I])[I].[W]. The number of rotatable bonds is 0. The summed E-state index contributed by atoms with van der Waals surface area (Å²) in [5.41, 5.74) is 0. The Hall–Kier alpha value is 3.46. The van der Waals surface area contributed by atoms with Gasteiger partial charge in [0.05, 0.1) is 0 Å². The van der Waals surface area contributed by atoms with E-state index in [4.69, 9.17) is 0 Å². The summed E-state index contributed by atoms with van der Waals surface area (Å²) in [5, 5.41) is 0. The molecule has 0 atom stereocenters. The topological polar surface area (TPSA) is 0 Å². The molecule has 0 aromatic heterocycles. The molecule has 0 radical (unpaired) electrons. The van der Waals surface area contributed by atoms with E-state index in [9.17, 15) is 0 Å². The van der Waals surface area contributed by atoms with Gasteiger partial charge < -0.3 is 0 Å². The third kappa shape index (κ3) is 18.6. The fraction of sp³-hybridized carbons (Fsp3) is 0. The molecular weight excluding hydrogens is 615 g/mol. The Morgan fingerprint density at radius 3 is 1.00 bits per heavy atom. The molecule has 5 heteroatoms. The van der Waals surface area contributed by atoms with E-state index in [1.165, 1.54) is 0 Å². The van der Waals surface area contributed by atoms with Gasteiger partial charge in [-0.15, -0.1) is 0 Å². The van der Waals surface area contributed by atoms with Gasteiger partial charge in [0.2, 0.25) is 0 Å². The molecule has 5 heavy (non-hydrogen) atoms. The van der Waals surface area contributed by atoms with Gasteiger partial charge >= 0.3 is 64.9 Å². The van der Waals surface area contributed by atoms with Crippen molar-refractivity contribution in [3.05, 3.63) is 0 Å². The van der Waals surface area contributed by atoms with Gasteiger partial charge in [-0.25, -0.2) is 0 Å². The van der Waals surface area contributed by atoms with E-state index in [-0.39, 0.29) is 26.0 Å². The average molecular weight is 615 g/mol. The molecule has 32 valence electrons. The molecule has 0 aliphatic heterocycles. The van der Waals surface area contributed by atoms with Crippen LogP contribution in [-0.4, -0.2) is 0 Å². The summed E-state index contributed by atoms with van der Waals surface area (Å²) < 4.78 is 0. The molecule has 0 fully saturated rings. The first kappa shape index (κ1) is 11.3. The number of hydrogen-bond acceptors (Lipinski definition) is 0. The van der Waals surface area contributed by atoms with Crippen LogP contribution in [0.25, 0.3) is 0 Å². The molecule has 0 aromatic rings. The van der Waals surface area contributed by atoms with Crippen molar-refractivity contribution in [2.75, 3.05) is 0 Å². The van der Waals surface area contributed by atoms with Gasteiger partial charge in [-0.2, -0.15) is 0 Å². The third-order valence-electron chi connectivity index (χ3n) is 0. The third-order valence-corrected chi connectivity index (χ3v) is 0.